The normalized spacial score (nSPS) is 27.1. The van der Waals surface area contributed by atoms with E-state index in [0.29, 0.717) is 19.4 Å². The molecule has 2 saturated heterocycles. The van der Waals surface area contributed by atoms with Crippen LogP contribution >= 0.6 is 0 Å². The van der Waals surface area contributed by atoms with Crippen LogP contribution in [0.2, 0.25) is 18.1 Å². The molecule has 0 aliphatic carbocycles. The summed E-state index contributed by atoms with van der Waals surface area (Å²) < 4.78 is 24.9. The van der Waals surface area contributed by atoms with E-state index < -0.39 is 32.3 Å². The predicted molar refractivity (Wildman–Crippen MR) is 135 cm³/mol. The molecule has 2 aliphatic rings. The molecule has 3 rings (SSSR count). The Morgan fingerprint density at radius 2 is 1.74 bits per heavy atom. The van der Waals surface area contributed by atoms with Crippen molar-refractivity contribution in [2.24, 2.45) is 0 Å². The lowest BCUT2D eigenvalue weighted by Crippen LogP contribution is -2.51. The fourth-order valence-corrected chi connectivity index (χ4v) is 5.50. The quantitative estimate of drug-likeness (QED) is 0.485. The fourth-order valence-electron chi connectivity index (χ4n) is 4.48. The SMILES string of the molecule is CC1(C)O[C@@H]2[C@H](O1)[C@@H](CO[Si](C)(C)C(C)(C)C)N(C(=O)OCc1ccccc1)[C@@H]2CC[C@@H](O)CO. The van der Waals surface area contributed by atoms with Gasteiger partial charge in [0.15, 0.2) is 14.1 Å². The lowest BCUT2D eigenvalue weighted by atomic mass is 10.0. The van der Waals surface area contributed by atoms with E-state index in [2.05, 4.69) is 33.9 Å². The van der Waals surface area contributed by atoms with Crippen molar-refractivity contribution >= 4 is 14.4 Å². The van der Waals surface area contributed by atoms with Crippen LogP contribution in [0.4, 0.5) is 4.79 Å². The van der Waals surface area contributed by atoms with Crippen LogP contribution < -0.4 is 0 Å². The van der Waals surface area contributed by atoms with Crippen LogP contribution in [0.15, 0.2) is 30.3 Å². The van der Waals surface area contributed by atoms with Crippen molar-refractivity contribution in [1.29, 1.82) is 0 Å². The molecule has 8 nitrogen and oxygen atoms in total. The van der Waals surface area contributed by atoms with Crippen LogP contribution in [0, 0.1) is 0 Å². The van der Waals surface area contributed by atoms with Gasteiger partial charge in [-0.1, -0.05) is 51.1 Å². The number of benzene rings is 1. The van der Waals surface area contributed by atoms with Crippen LogP contribution in [-0.2, 0) is 25.2 Å². The molecule has 35 heavy (non-hydrogen) atoms. The number of aliphatic hydroxyl groups excluding tert-OH is 2. The van der Waals surface area contributed by atoms with Gasteiger partial charge < -0.3 is 28.8 Å². The lowest BCUT2D eigenvalue weighted by molar-refractivity contribution is -0.168. The molecule has 2 N–H and O–H groups in total. The minimum Gasteiger partial charge on any atom is -0.445 e. The third kappa shape index (κ3) is 6.64. The molecule has 2 heterocycles. The van der Waals surface area contributed by atoms with Crippen LogP contribution in [0.25, 0.3) is 0 Å². The molecule has 0 saturated carbocycles. The highest BCUT2D eigenvalue weighted by atomic mass is 28.4. The Morgan fingerprint density at radius 1 is 1.14 bits per heavy atom. The van der Waals surface area contributed by atoms with E-state index in [1.807, 2.05) is 44.2 Å². The van der Waals surface area contributed by atoms with Gasteiger partial charge in [-0.2, -0.15) is 0 Å². The topological polar surface area (TPSA) is 97.7 Å². The van der Waals surface area contributed by atoms with Crippen molar-refractivity contribution in [3.63, 3.8) is 0 Å². The summed E-state index contributed by atoms with van der Waals surface area (Å²) in [5.41, 5.74) is 0.898. The van der Waals surface area contributed by atoms with Gasteiger partial charge in [-0.3, -0.25) is 4.90 Å². The second kappa shape index (κ2) is 10.9. The zero-order valence-corrected chi connectivity index (χ0v) is 23.2. The number of carbonyl (C=O) groups excluding carboxylic acids is 1. The number of amides is 1. The third-order valence-electron chi connectivity index (χ3n) is 7.48. The molecule has 1 aromatic carbocycles. The summed E-state index contributed by atoms with van der Waals surface area (Å²) in [6.45, 7) is 14.8. The van der Waals surface area contributed by atoms with E-state index in [9.17, 15) is 15.0 Å². The predicted octanol–water partition coefficient (Wildman–Crippen LogP) is 4.05. The van der Waals surface area contributed by atoms with E-state index in [-0.39, 0.29) is 36.5 Å². The van der Waals surface area contributed by atoms with Crippen molar-refractivity contribution in [2.75, 3.05) is 13.2 Å². The number of ether oxygens (including phenoxy) is 3. The summed E-state index contributed by atoms with van der Waals surface area (Å²) >= 11 is 0. The highest BCUT2D eigenvalue weighted by Gasteiger charge is 2.59. The number of hydrogen-bond acceptors (Lipinski definition) is 7. The summed E-state index contributed by atoms with van der Waals surface area (Å²) in [5.74, 6) is -0.793. The smallest absolute Gasteiger partial charge is 0.410 e. The number of rotatable bonds is 9. The molecule has 2 fully saturated rings. The van der Waals surface area contributed by atoms with Gasteiger partial charge in [-0.25, -0.2) is 4.79 Å². The highest BCUT2D eigenvalue weighted by molar-refractivity contribution is 6.74. The first-order valence-corrected chi connectivity index (χ1v) is 15.4. The number of carbonyl (C=O) groups is 1. The molecule has 5 atom stereocenters. The zero-order chi connectivity index (χ0) is 26.0. The zero-order valence-electron chi connectivity index (χ0n) is 22.2. The van der Waals surface area contributed by atoms with Gasteiger partial charge in [0, 0.05) is 0 Å². The summed E-state index contributed by atoms with van der Waals surface area (Å²) in [5, 5.41) is 19.4. The molecule has 0 unspecified atom stereocenters. The van der Waals surface area contributed by atoms with Crippen LogP contribution in [0.1, 0.15) is 53.0 Å². The van der Waals surface area contributed by atoms with Gasteiger partial charge in [-0.15, -0.1) is 0 Å². The highest BCUT2D eigenvalue weighted by Crippen LogP contribution is 2.44. The number of hydrogen-bond donors (Lipinski definition) is 2. The van der Waals surface area contributed by atoms with Crippen molar-refractivity contribution in [1.82, 2.24) is 4.90 Å². The van der Waals surface area contributed by atoms with Crippen LogP contribution in [-0.4, -0.2) is 78.9 Å². The van der Waals surface area contributed by atoms with Gasteiger partial charge in [0.1, 0.15) is 18.8 Å². The number of fused-ring (bicyclic) bond motifs is 1. The van der Waals surface area contributed by atoms with Gasteiger partial charge in [0.05, 0.1) is 31.4 Å². The number of aliphatic hydroxyl groups is 2. The third-order valence-corrected chi connectivity index (χ3v) is 12.0. The molecule has 9 heteroatoms. The largest absolute Gasteiger partial charge is 0.445 e. The van der Waals surface area contributed by atoms with E-state index in [1.54, 1.807) is 4.90 Å². The maximum absolute atomic E-state index is 13.5. The average molecular weight is 510 g/mol. The fraction of sp³-hybridized carbons (Fsp3) is 0.731. The second-order valence-corrected chi connectivity index (χ2v) is 16.4. The van der Waals surface area contributed by atoms with E-state index in [4.69, 9.17) is 18.6 Å². The van der Waals surface area contributed by atoms with Gasteiger partial charge in [0.2, 0.25) is 0 Å². The van der Waals surface area contributed by atoms with Crippen molar-refractivity contribution in [3.05, 3.63) is 35.9 Å². The van der Waals surface area contributed by atoms with Crippen LogP contribution in [0.5, 0.6) is 0 Å². The molecule has 0 radical (unpaired) electrons. The Bertz CT molecular complexity index is 842. The molecule has 1 aromatic rings. The van der Waals surface area contributed by atoms with Crippen LogP contribution in [0.3, 0.4) is 0 Å². The maximum Gasteiger partial charge on any atom is 0.410 e. The lowest BCUT2D eigenvalue weighted by Gasteiger charge is -2.39. The Balaban J connectivity index is 1.86. The van der Waals surface area contributed by atoms with Crippen molar-refractivity contribution < 1.29 is 33.6 Å². The van der Waals surface area contributed by atoms with E-state index >= 15 is 0 Å². The monoisotopic (exact) mass is 509 g/mol. The summed E-state index contributed by atoms with van der Waals surface area (Å²) in [7, 11) is -2.10. The molecular weight excluding hydrogens is 466 g/mol. The molecule has 2 aliphatic heterocycles. The summed E-state index contributed by atoms with van der Waals surface area (Å²) in [4.78, 5) is 15.2. The average Bonchev–Trinajstić information content (AvgIpc) is 3.24. The maximum atomic E-state index is 13.5. The first-order chi connectivity index (χ1) is 16.3. The molecule has 198 valence electrons. The molecule has 1 amide bonds. The van der Waals surface area contributed by atoms with Gasteiger partial charge in [-0.05, 0) is 50.4 Å². The first kappa shape index (κ1) is 28.1. The molecule has 0 bridgehead atoms. The molecular formula is C26H43NO7Si. The first-order valence-electron chi connectivity index (χ1n) is 12.5. The minimum atomic E-state index is -2.10. The Labute approximate surface area is 210 Å². The molecule has 0 spiro atoms. The standard InChI is InChI=1S/C26H43NO7Si/c1-25(2,3)35(6,7)32-17-21-23-22(33-26(4,5)34-23)20(14-13-19(29)15-28)27(21)24(30)31-16-18-11-9-8-10-12-18/h8-12,19-23,28-29H,13-17H2,1-7H3/t19-,20-,21-,22+,23-/m1/s1. The Hall–Kier alpha value is -1.49. The van der Waals surface area contributed by atoms with Crippen molar-refractivity contribution in [2.45, 2.75) is 108 Å². The summed E-state index contributed by atoms with van der Waals surface area (Å²) in [6.07, 6.45) is -1.32. The molecule has 0 aromatic heterocycles. The Morgan fingerprint density at radius 3 is 2.31 bits per heavy atom. The van der Waals surface area contributed by atoms with E-state index in [1.165, 1.54) is 0 Å². The van der Waals surface area contributed by atoms with E-state index in [0.717, 1.165) is 5.56 Å². The Kier molecular flexibility index (Phi) is 8.72. The summed E-state index contributed by atoms with van der Waals surface area (Å²) in [6, 6.07) is 8.78. The number of nitrogens with zero attached hydrogens (tertiary/aromatic N) is 1. The van der Waals surface area contributed by atoms with Crippen molar-refractivity contribution in [3.8, 4) is 0 Å². The van der Waals surface area contributed by atoms with Gasteiger partial charge >= 0.3 is 6.09 Å². The number of likely N-dealkylation sites (tertiary alicyclic amines) is 1. The minimum absolute atomic E-state index is 0.0145. The van der Waals surface area contributed by atoms with Gasteiger partial charge in [0.25, 0.3) is 0 Å². The second-order valence-electron chi connectivity index (χ2n) is 11.6.